The Labute approximate surface area is 111 Å². The zero-order chi connectivity index (χ0) is 13.3. The van der Waals surface area contributed by atoms with Crippen LogP contribution in [0.4, 0.5) is 0 Å². The normalized spacial score (nSPS) is 30.9. The monoisotopic (exact) mass is 252 g/mol. The van der Waals surface area contributed by atoms with E-state index < -0.39 is 0 Å². The van der Waals surface area contributed by atoms with Gasteiger partial charge in [0.05, 0.1) is 12.2 Å². The molecule has 2 unspecified atom stereocenters. The van der Waals surface area contributed by atoms with Gasteiger partial charge in [-0.25, -0.2) is 0 Å². The lowest BCUT2D eigenvalue weighted by Gasteiger charge is -2.44. The summed E-state index contributed by atoms with van der Waals surface area (Å²) in [6.45, 7) is 9.72. The number of hydrogen-bond acceptors (Lipinski definition) is 2. The zero-order valence-electron chi connectivity index (χ0n) is 12.3. The van der Waals surface area contributed by atoms with Crippen molar-refractivity contribution in [2.24, 2.45) is 11.3 Å². The molecule has 0 radical (unpaired) electrons. The predicted octanol–water partition coefficient (Wildman–Crippen LogP) is 2.76. The van der Waals surface area contributed by atoms with Gasteiger partial charge in [-0.15, -0.1) is 0 Å². The van der Waals surface area contributed by atoms with E-state index in [1.54, 1.807) is 0 Å². The Morgan fingerprint density at radius 1 is 1.44 bits per heavy atom. The van der Waals surface area contributed by atoms with E-state index in [9.17, 15) is 4.79 Å². The second-order valence-electron chi connectivity index (χ2n) is 6.70. The average molecular weight is 252 g/mol. The van der Waals surface area contributed by atoms with Gasteiger partial charge in [0, 0.05) is 6.54 Å². The molecule has 104 valence electrons. The van der Waals surface area contributed by atoms with Crippen molar-refractivity contribution in [2.45, 2.75) is 72.0 Å². The second-order valence-corrected chi connectivity index (χ2v) is 6.70. The van der Waals surface area contributed by atoms with Crippen molar-refractivity contribution in [3.63, 3.8) is 0 Å². The predicted molar refractivity (Wildman–Crippen MR) is 74.1 cm³/mol. The van der Waals surface area contributed by atoms with Crippen LogP contribution in [0.1, 0.15) is 59.8 Å². The van der Waals surface area contributed by atoms with Gasteiger partial charge < -0.3 is 4.90 Å². The molecule has 2 atom stereocenters. The highest BCUT2D eigenvalue weighted by atomic mass is 16.2. The molecule has 1 saturated heterocycles. The molecule has 3 heteroatoms. The van der Waals surface area contributed by atoms with Gasteiger partial charge in [-0.1, -0.05) is 27.2 Å². The highest BCUT2D eigenvalue weighted by molar-refractivity contribution is 5.84. The van der Waals surface area contributed by atoms with E-state index in [0.717, 1.165) is 13.0 Å². The summed E-state index contributed by atoms with van der Waals surface area (Å²) < 4.78 is 0. The lowest BCUT2D eigenvalue weighted by Crippen LogP contribution is -2.46. The van der Waals surface area contributed by atoms with Crippen LogP contribution in [-0.2, 0) is 4.79 Å². The lowest BCUT2D eigenvalue weighted by atomic mass is 9.66. The fraction of sp³-hybridized carbons (Fsp3) is 0.933. The molecule has 0 bridgehead atoms. The van der Waals surface area contributed by atoms with Crippen molar-refractivity contribution in [3.8, 4) is 0 Å². The molecule has 2 rings (SSSR count). The highest BCUT2D eigenvalue weighted by Gasteiger charge is 2.43. The van der Waals surface area contributed by atoms with E-state index in [-0.39, 0.29) is 12.2 Å². The number of hydrogen-bond donors (Lipinski definition) is 1. The largest absolute Gasteiger partial charge is 0.326 e. The van der Waals surface area contributed by atoms with Crippen molar-refractivity contribution < 1.29 is 4.79 Å². The first kappa shape index (κ1) is 13.9. The van der Waals surface area contributed by atoms with Crippen LogP contribution in [0.25, 0.3) is 0 Å². The summed E-state index contributed by atoms with van der Waals surface area (Å²) in [5.41, 5.74) is 0.429. The number of carbonyl (C=O) groups is 1. The second kappa shape index (κ2) is 5.20. The highest BCUT2D eigenvalue weighted by Crippen LogP contribution is 2.45. The summed E-state index contributed by atoms with van der Waals surface area (Å²) >= 11 is 0. The Kier molecular flexibility index (Phi) is 4.00. The molecule has 1 heterocycles. The number of nitrogens with one attached hydrogen (secondary N) is 1. The standard InChI is InChI=1S/C15H28N2O/c1-5-15(7-6-8-15)10-17-12(4)16-13(14(17)18)9-11(2)3/h11-13,16H,5-10H2,1-4H3. The van der Waals surface area contributed by atoms with E-state index in [4.69, 9.17) is 0 Å². The van der Waals surface area contributed by atoms with Gasteiger partial charge in [0.2, 0.25) is 5.91 Å². The summed E-state index contributed by atoms with van der Waals surface area (Å²) in [5.74, 6) is 0.901. The van der Waals surface area contributed by atoms with Crippen molar-refractivity contribution in [1.29, 1.82) is 0 Å². The van der Waals surface area contributed by atoms with Crippen LogP contribution in [0.2, 0.25) is 0 Å². The summed E-state index contributed by atoms with van der Waals surface area (Å²) in [6.07, 6.45) is 6.32. The van der Waals surface area contributed by atoms with Gasteiger partial charge in [-0.2, -0.15) is 0 Å². The van der Waals surface area contributed by atoms with Crippen LogP contribution in [0.5, 0.6) is 0 Å². The molecular weight excluding hydrogens is 224 g/mol. The van der Waals surface area contributed by atoms with Gasteiger partial charge in [-0.3, -0.25) is 10.1 Å². The van der Waals surface area contributed by atoms with E-state index in [0.29, 0.717) is 17.2 Å². The SMILES string of the molecule is CCC1(CN2C(=O)C(CC(C)C)NC2C)CCC1. The molecule has 1 aliphatic carbocycles. The zero-order valence-corrected chi connectivity index (χ0v) is 12.3. The maximum atomic E-state index is 12.4. The van der Waals surface area contributed by atoms with Crippen molar-refractivity contribution in [3.05, 3.63) is 0 Å². The minimum atomic E-state index is 0.0500. The minimum absolute atomic E-state index is 0.0500. The molecule has 0 aromatic carbocycles. The molecule has 2 aliphatic rings. The molecule has 1 aliphatic heterocycles. The van der Waals surface area contributed by atoms with Crippen LogP contribution in [0, 0.1) is 11.3 Å². The smallest absolute Gasteiger partial charge is 0.241 e. The molecular formula is C15H28N2O. The first-order valence-corrected chi connectivity index (χ1v) is 7.54. The van der Waals surface area contributed by atoms with Gasteiger partial charge in [0.25, 0.3) is 0 Å². The number of carbonyl (C=O) groups excluding carboxylic acids is 1. The van der Waals surface area contributed by atoms with E-state index in [1.165, 1.54) is 25.7 Å². The van der Waals surface area contributed by atoms with Gasteiger partial charge in [0.15, 0.2) is 0 Å². The Morgan fingerprint density at radius 2 is 2.11 bits per heavy atom. The number of rotatable bonds is 5. The van der Waals surface area contributed by atoms with E-state index in [2.05, 4.69) is 37.9 Å². The fourth-order valence-corrected chi connectivity index (χ4v) is 3.36. The minimum Gasteiger partial charge on any atom is -0.326 e. The topological polar surface area (TPSA) is 32.3 Å². The first-order chi connectivity index (χ1) is 8.47. The van der Waals surface area contributed by atoms with Crippen LogP contribution in [0.15, 0.2) is 0 Å². The van der Waals surface area contributed by atoms with Crippen LogP contribution in [0.3, 0.4) is 0 Å². The molecule has 18 heavy (non-hydrogen) atoms. The Bertz CT molecular complexity index is 304. The average Bonchev–Trinajstić information content (AvgIpc) is 2.49. The molecule has 0 aromatic heterocycles. The third-order valence-electron chi connectivity index (χ3n) is 4.87. The van der Waals surface area contributed by atoms with Crippen molar-refractivity contribution in [2.75, 3.05) is 6.54 Å². The Hall–Kier alpha value is -0.570. The third-order valence-corrected chi connectivity index (χ3v) is 4.87. The van der Waals surface area contributed by atoms with E-state index >= 15 is 0 Å². The Morgan fingerprint density at radius 3 is 2.56 bits per heavy atom. The molecule has 1 N–H and O–H groups in total. The third kappa shape index (κ3) is 2.56. The Balaban J connectivity index is 1.98. The van der Waals surface area contributed by atoms with Gasteiger partial charge in [-0.05, 0) is 43.9 Å². The van der Waals surface area contributed by atoms with Crippen molar-refractivity contribution >= 4 is 5.91 Å². The van der Waals surface area contributed by atoms with E-state index in [1.807, 2.05) is 0 Å². The molecule has 1 amide bonds. The quantitative estimate of drug-likeness (QED) is 0.816. The summed E-state index contributed by atoms with van der Waals surface area (Å²) in [5, 5.41) is 3.46. The lowest BCUT2D eigenvalue weighted by molar-refractivity contribution is -0.132. The molecule has 3 nitrogen and oxygen atoms in total. The van der Waals surface area contributed by atoms with Gasteiger partial charge >= 0.3 is 0 Å². The first-order valence-electron chi connectivity index (χ1n) is 7.54. The summed E-state index contributed by atoms with van der Waals surface area (Å²) in [6, 6.07) is 0.0500. The number of nitrogens with zero attached hydrogens (tertiary/aromatic N) is 1. The number of amides is 1. The summed E-state index contributed by atoms with van der Waals surface area (Å²) in [4.78, 5) is 14.5. The summed E-state index contributed by atoms with van der Waals surface area (Å²) in [7, 11) is 0. The fourth-order valence-electron chi connectivity index (χ4n) is 3.36. The van der Waals surface area contributed by atoms with Crippen LogP contribution >= 0.6 is 0 Å². The molecule has 0 aromatic rings. The van der Waals surface area contributed by atoms with Crippen molar-refractivity contribution in [1.82, 2.24) is 10.2 Å². The van der Waals surface area contributed by atoms with Crippen LogP contribution in [-0.4, -0.2) is 29.6 Å². The van der Waals surface area contributed by atoms with Crippen LogP contribution < -0.4 is 5.32 Å². The molecule has 0 spiro atoms. The maximum absolute atomic E-state index is 12.4. The van der Waals surface area contributed by atoms with Gasteiger partial charge in [0.1, 0.15) is 0 Å². The molecule has 1 saturated carbocycles. The maximum Gasteiger partial charge on any atom is 0.241 e. The molecule has 2 fully saturated rings.